The highest BCUT2D eigenvalue weighted by Gasteiger charge is 2.14. The summed E-state index contributed by atoms with van der Waals surface area (Å²) in [6.45, 7) is 0. The van der Waals surface area contributed by atoms with Crippen LogP contribution in [0.15, 0.2) is 76.8 Å². The van der Waals surface area contributed by atoms with Crippen LogP contribution in [0, 0.1) is 0 Å². The van der Waals surface area contributed by atoms with Gasteiger partial charge in [-0.3, -0.25) is 4.79 Å². The maximum absolute atomic E-state index is 12.4. The van der Waals surface area contributed by atoms with Crippen LogP contribution in [-0.2, 0) is 0 Å². The summed E-state index contributed by atoms with van der Waals surface area (Å²) in [5.41, 5.74) is 2.16. The van der Waals surface area contributed by atoms with E-state index in [0.29, 0.717) is 27.7 Å². The quantitative estimate of drug-likeness (QED) is 0.399. The average Bonchev–Trinajstić information content (AvgIpc) is 3.16. The molecule has 0 saturated carbocycles. The molecule has 0 amide bonds. The number of hydrogen-bond acceptors (Lipinski definition) is 5. The van der Waals surface area contributed by atoms with Crippen molar-refractivity contribution in [2.24, 2.45) is 0 Å². The fourth-order valence-electron chi connectivity index (χ4n) is 2.82. The molecule has 0 radical (unpaired) electrons. The van der Waals surface area contributed by atoms with E-state index >= 15 is 0 Å². The first-order valence-corrected chi connectivity index (χ1v) is 9.70. The van der Waals surface area contributed by atoms with E-state index in [4.69, 9.17) is 4.74 Å². The SMILES string of the molecule is COc1ccccc1-n1ncc2c(=O)[nH]c(SC/C=C/c3ccccc3)nc21. The van der Waals surface area contributed by atoms with Crippen LogP contribution in [0.5, 0.6) is 5.75 Å². The standard InChI is InChI=1S/C21H18N4O2S/c1-27-18-12-6-5-11-17(18)25-19-16(14-22-25)20(26)24-21(23-19)28-13-7-10-15-8-3-2-4-9-15/h2-12,14H,13H2,1H3,(H,23,24,26)/b10-7+. The summed E-state index contributed by atoms with van der Waals surface area (Å²) in [7, 11) is 1.60. The fraction of sp³-hybridized carbons (Fsp3) is 0.0952. The van der Waals surface area contributed by atoms with Crippen molar-refractivity contribution in [3.8, 4) is 11.4 Å². The Hall–Kier alpha value is -3.32. The number of aromatic amines is 1. The molecule has 0 aliphatic rings. The van der Waals surface area contributed by atoms with Gasteiger partial charge >= 0.3 is 0 Å². The summed E-state index contributed by atoms with van der Waals surface area (Å²) in [6, 6.07) is 17.6. The van der Waals surface area contributed by atoms with Gasteiger partial charge in [0.2, 0.25) is 0 Å². The molecular formula is C21H18N4O2S. The van der Waals surface area contributed by atoms with E-state index in [0.717, 1.165) is 11.3 Å². The van der Waals surface area contributed by atoms with E-state index in [-0.39, 0.29) is 5.56 Å². The molecule has 0 spiro atoms. The Labute approximate surface area is 165 Å². The number of ether oxygens (including phenoxy) is 1. The molecule has 140 valence electrons. The second-order valence-corrected chi connectivity index (χ2v) is 6.97. The molecule has 1 N–H and O–H groups in total. The number of fused-ring (bicyclic) bond motifs is 1. The molecular weight excluding hydrogens is 372 g/mol. The number of hydrogen-bond donors (Lipinski definition) is 1. The lowest BCUT2D eigenvalue weighted by molar-refractivity contribution is 0.412. The molecule has 0 aliphatic carbocycles. The summed E-state index contributed by atoms with van der Waals surface area (Å²) in [6.07, 6.45) is 5.61. The number of nitrogens with one attached hydrogen (secondary N) is 1. The largest absolute Gasteiger partial charge is 0.494 e. The van der Waals surface area contributed by atoms with Crippen molar-refractivity contribution in [2.45, 2.75) is 5.16 Å². The molecule has 2 heterocycles. The van der Waals surface area contributed by atoms with E-state index in [1.54, 1.807) is 11.8 Å². The van der Waals surface area contributed by atoms with Crippen molar-refractivity contribution in [3.63, 3.8) is 0 Å². The van der Waals surface area contributed by atoms with Gasteiger partial charge in [0.05, 0.1) is 13.3 Å². The Morgan fingerprint density at radius 3 is 2.75 bits per heavy atom. The van der Waals surface area contributed by atoms with Crippen LogP contribution in [0.4, 0.5) is 0 Å². The number of rotatable bonds is 6. The average molecular weight is 390 g/mol. The maximum atomic E-state index is 12.4. The molecule has 2 aromatic heterocycles. The minimum atomic E-state index is -0.208. The lowest BCUT2D eigenvalue weighted by Gasteiger charge is -2.08. The molecule has 0 aliphatic heterocycles. The first kappa shape index (κ1) is 18.1. The number of thioether (sulfide) groups is 1. The van der Waals surface area contributed by atoms with Crippen LogP contribution in [0.1, 0.15) is 5.56 Å². The number of methoxy groups -OCH3 is 1. The van der Waals surface area contributed by atoms with Gasteiger partial charge in [0.15, 0.2) is 10.8 Å². The third-order valence-corrected chi connectivity index (χ3v) is 4.98. The van der Waals surface area contributed by atoms with E-state index in [1.807, 2.05) is 66.7 Å². The monoisotopic (exact) mass is 390 g/mol. The fourth-order valence-corrected chi connectivity index (χ4v) is 3.49. The van der Waals surface area contributed by atoms with E-state index in [2.05, 4.69) is 15.1 Å². The lowest BCUT2D eigenvalue weighted by Crippen LogP contribution is -2.10. The van der Waals surface area contributed by atoms with Crippen LogP contribution in [0.3, 0.4) is 0 Å². The minimum Gasteiger partial charge on any atom is -0.494 e. The van der Waals surface area contributed by atoms with Crippen molar-refractivity contribution < 1.29 is 4.74 Å². The van der Waals surface area contributed by atoms with Crippen molar-refractivity contribution in [1.82, 2.24) is 19.7 Å². The summed E-state index contributed by atoms with van der Waals surface area (Å²) in [4.78, 5) is 19.9. The van der Waals surface area contributed by atoms with Gasteiger partial charge in [-0.1, -0.05) is 66.4 Å². The molecule has 0 saturated heterocycles. The molecule has 7 heteroatoms. The number of nitrogens with zero attached hydrogens (tertiary/aromatic N) is 3. The third kappa shape index (κ3) is 3.70. The zero-order chi connectivity index (χ0) is 19.3. The number of aromatic nitrogens is 4. The highest BCUT2D eigenvalue weighted by Crippen LogP contribution is 2.24. The Kier molecular flexibility index (Phi) is 5.25. The molecule has 4 aromatic rings. The Morgan fingerprint density at radius 2 is 1.93 bits per heavy atom. The minimum absolute atomic E-state index is 0.208. The Morgan fingerprint density at radius 1 is 1.14 bits per heavy atom. The number of benzene rings is 2. The van der Waals surface area contributed by atoms with Gasteiger partial charge in [0.25, 0.3) is 5.56 Å². The second kappa shape index (κ2) is 8.14. The molecule has 4 rings (SSSR count). The molecule has 2 aromatic carbocycles. The molecule has 0 atom stereocenters. The van der Waals surface area contributed by atoms with Gasteiger partial charge in [-0.05, 0) is 17.7 Å². The van der Waals surface area contributed by atoms with Gasteiger partial charge in [-0.25, -0.2) is 9.67 Å². The number of para-hydroxylation sites is 2. The molecule has 6 nitrogen and oxygen atoms in total. The van der Waals surface area contributed by atoms with E-state index in [9.17, 15) is 4.79 Å². The number of H-pyrrole nitrogens is 1. The van der Waals surface area contributed by atoms with Crippen LogP contribution < -0.4 is 10.3 Å². The second-order valence-electron chi connectivity index (χ2n) is 5.96. The van der Waals surface area contributed by atoms with Crippen molar-refractivity contribution >= 4 is 28.9 Å². The van der Waals surface area contributed by atoms with Gasteiger partial charge in [-0.15, -0.1) is 0 Å². The molecule has 0 bridgehead atoms. The highest BCUT2D eigenvalue weighted by molar-refractivity contribution is 7.99. The first-order chi connectivity index (χ1) is 13.8. The third-order valence-electron chi connectivity index (χ3n) is 4.16. The summed E-state index contributed by atoms with van der Waals surface area (Å²) >= 11 is 1.46. The predicted molar refractivity (Wildman–Crippen MR) is 112 cm³/mol. The lowest BCUT2D eigenvalue weighted by atomic mass is 10.2. The van der Waals surface area contributed by atoms with Crippen LogP contribution >= 0.6 is 11.8 Å². The van der Waals surface area contributed by atoms with Crippen molar-refractivity contribution in [1.29, 1.82) is 0 Å². The highest BCUT2D eigenvalue weighted by atomic mass is 32.2. The van der Waals surface area contributed by atoms with Crippen LogP contribution in [0.25, 0.3) is 22.8 Å². The van der Waals surface area contributed by atoms with Gasteiger partial charge in [0.1, 0.15) is 16.8 Å². The predicted octanol–water partition coefficient (Wildman–Crippen LogP) is 3.92. The van der Waals surface area contributed by atoms with Crippen molar-refractivity contribution in [3.05, 3.63) is 82.8 Å². The summed E-state index contributed by atoms with van der Waals surface area (Å²) < 4.78 is 7.04. The van der Waals surface area contributed by atoms with Gasteiger partial charge < -0.3 is 9.72 Å². The van der Waals surface area contributed by atoms with Crippen molar-refractivity contribution in [2.75, 3.05) is 12.9 Å². The topological polar surface area (TPSA) is 72.8 Å². The van der Waals surface area contributed by atoms with Crippen LogP contribution in [0.2, 0.25) is 0 Å². The van der Waals surface area contributed by atoms with Gasteiger partial charge in [0, 0.05) is 5.75 Å². The van der Waals surface area contributed by atoms with Crippen LogP contribution in [-0.4, -0.2) is 32.6 Å². The normalized spacial score (nSPS) is 11.3. The Balaban J connectivity index is 1.62. The molecule has 28 heavy (non-hydrogen) atoms. The smallest absolute Gasteiger partial charge is 0.262 e. The van der Waals surface area contributed by atoms with E-state index in [1.165, 1.54) is 18.0 Å². The summed E-state index contributed by atoms with van der Waals surface area (Å²) in [5, 5.41) is 5.33. The first-order valence-electron chi connectivity index (χ1n) is 8.72. The van der Waals surface area contributed by atoms with E-state index < -0.39 is 0 Å². The molecule has 0 fully saturated rings. The maximum Gasteiger partial charge on any atom is 0.262 e. The Bertz CT molecular complexity index is 1180. The zero-order valence-corrected chi connectivity index (χ0v) is 16.0. The van der Waals surface area contributed by atoms with Gasteiger partial charge in [-0.2, -0.15) is 5.10 Å². The zero-order valence-electron chi connectivity index (χ0n) is 15.2. The molecule has 0 unspecified atom stereocenters. The summed E-state index contributed by atoms with van der Waals surface area (Å²) in [5.74, 6) is 1.35.